The Kier molecular flexibility index (Phi) is 6.04. The third-order valence-electron chi connectivity index (χ3n) is 3.77. The van der Waals surface area contributed by atoms with Gasteiger partial charge in [0, 0.05) is 16.8 Å². The van der Waals surface area contributed by atoms with E-state index >= 15 is 0 Å². The van der Waals surface area contributed by atoms with Crippen LogP contribution in [0.2, 0.25) is 10.0 Å². The van der Waals surface area contributed by atoms with E-state index in [9.17, 15) is 4.79 Å². The lowest BCUT2D eigenvalue weighted by molar-refractivity contribution is -0.118. The Bertz CT molecular complexity index is 975. The quantitative estimate of drug-likeness (QED) is 0.607. The Hall–Kier alpha value is -2.50. The Morgan fingerprint density at radius 2 is 1.81 bits per heavy atom. The molecule has 140 valence electrons. The highest BCUT2D eigenvalue weighted by atomic mass is 35.5. The zero-order valence-corrected chi connectivity index (χ0v) is 16.4. The number of carbonyl (C=O) groups excluding carboxylic acids is 1. The molecule has 0 spiro atoms. The van der Waals surface area contributed by atoms with Gasteiger partial charge in [0.25, 0.3) is 5.91 Å². The maximum Gasteiger partial charge on any atom is 0.262 e. The smallest absolute Gasteiger partial charge is 0.262 e. The van der Waals surface area contributed by atoms with Crippen molar-refractivity contribution in [3.63, 3.8) is 0 Å². The summed E-state index contributed by atoms with van der Waals surface area (Å²) in [5, 5.41) is 4.26. The number of hydrogen-bond acceptors (Lipinski definition) is 4. The number of ether oxygens (including phenoxy) is 2. The number of fused-ring (bicyclic) bond motifs is 1. The summed E-state index contributed by atoms with van der Waals surface area (Å²) in [6, 6.07) is 12.4. The van der Waals surface area contributed by atoms with Crippen LogP contribution in [0.25, 0.3) is 10.9 Å². The highest BCUT2D eigenvalue weighted by molar-refractivity contribution is 6.39. The molecule has 1 N–H and O–H groups in total. The number of hydrogen-bond donors (Lipinski definition) is 1. The molecule has 0 saturated heterocycles. The topological polar surface area (TPSA) is 60.5 Å². The van der Waals surface area contributed by atoms with Gasteiger partial charge in [-0.2, -0.15) is 0 Å². The minimum Gasteiger partial charge on any atom is -0.494 e. The zero-order valence-electron chi connectivity index (χ0n) is 14.9. The van der Waals surface area contributed by atoms with Crippen LogP contribution in [0.3, 0.4) is 0 Å². The van der Waals surface area contributed by atoms with Gasteiger partial charge >= 0.3 is 0 Å². The molecule has 7 heteroatoms. The molecule has 0 aliphatic carbocycles. The normalized spacial score (nSPS) is 10.7. The van der Waals surface area contributed by atoms with Gasteiger partial charge in [0.1, 0.15) is 11.3 Å². The van der Waals surface area contributed by atoms with Gasteiger partial charge < -0.3 is 14.8 Å². The SMILES string of the molecule is CCOc1ccc(NC(=O)COc2c(Cl)cc(Cl)c3ccc(C)nc23)cc1. The molecule has 5 nitrogen and oxygen atoms in total. The number of rotatable bonds is 6. The van der Waals surface area contributed by atoms with Crippen molar-refractivity contribution >= 4 is 45.7 Å². The number of halogens is 2. The van der Waals surface area contributed by atoms with Gasteiger partial charge in [-0.05, 0) is 56.3 Å². The summed E-state index contributed by atoms with van der Waals surface area (Å²) < 4.78 is 11.0. The van der Waals surface area contributed by atoms with Crippen LogP contribution in [0.15, 0.2) is 42.5 Å². The number of anilines is 1. The van der Waals surface area contributed by atoms with Crippen molar-refractivity contribution in [2.75, 3.05) is 18.5 Å². The molecule has 0 fully saturated rings. The van der Waals surface area contributed by atoms with Crippen LogP contribution >= 0.6 is 23.2 Å². The lowest BCUT2D eigenvalue weighted by Gasteiger charge is -2.12. The lowest BCUT2D eigenvalue weighted by atomic mass is 10.2. The zero-order chi connectivity index (χ0) is 19.4. The predicted molar refractivity (Wildman–Crippen MR) is 108 cm³/mol. The fourth-order valence-corrected chi connectivity index (χ4v) is 3.13. The largest absolute Gasteiger partial charge is 0.494 e. The predicted octanol–water partition coefficient (Wildman–Crippen LogP) is 5.27. The molecular weight excluding hydrogens is 387 g/mol. The molecule has 1 aromatic heterocycles. The van der Waals surface area contributed by atoms with Crippen molar-refractivity contribution in [3.8, 4) is 11.5 Å². The summed E-state index contributed by atoms with van der Waals surface area (Å²) >= 11 is 12.5. The van der Waals surface area contributed by atoms with Crippen molar-refractivity contribution in [2.24, 2.45) is 0 Å². The molecule has 1 heterocycles. The third-order valence-corrected chi connectivity index (χ3v) is 4.37. The highest BCUT2D eigenvalue weighted by Crippen LogP contribution is 2.37. The van der Waals surface area contributed by atoms with Gasteiger partial charge in [-0.25, -0.2) is 4.98 Å². The van der Waals surface area contributed by atoms with Gasteiger partial charge in [0.2, 0.25) is 0 Å². The Morgan fingerprint density at radius 1 is 1.07 bits per heavy atom. The second kappa shape index (κ2) is 8.46. The molecule has 1 amide bonds. The number of amides is 1. The lowest BCUT2D eigenvalue weighted by Crippen LogP contribution is -2.20. The van der Waals surface area contributed by atoms with E-state index in [-0.39, 0.29) is 12.5 Å². The maximum atomic E-state index is 12.2. The molecule has 3 aromatic rings. The summed E-state index contributed by atoms with van der Waals surface area (Å²) in [4.78, 5) is 16.7. The van der Waals surface area contributed by atoms with E-state index in [4.69, 9.17) is 32.7 Å². The van der Waals surface area contributed by atoms with Gasteiger partial charge in [-0.15, -0.1) is 0 Å². The number of nitrogens with one attached hydrogen (secondary N) is 1. The number of benzene rings is 2. The van der Waals surface area contributed by atoms with Gasteiger partial charge in [0.05, 0.1) is 16.7 Å². The number of aromatic nitrogens is 1. The molecule has 0 aliphatic rings. The standard InChI is InChI=1S/C20H18Cl2N2O3/c1-3-26-14-7-5-13(6-8-14)24-18(25)11-27-20-17(22)10-16(21)15-9-4-12(2)23-19(15)20/h4-10H,3,11H2,1-2H3,(H,24,25). The van der Waals surface area contributed by atoms with E-state index in [1.54, 1.807) is 30.3 Å². The summed E-state index contributed by atoms with van der Waals surface area (Å²) in [5.41, 5.74) is 1.97. The molecule has 0 radical (unpaired) electrons. The van der Waals surface area contributed by atoms with Crippen LogP contribution in [0.4, 0.5) is 5.69 Å². The van der Waals surface area contributed by atoms with E-state index in [1.165, 1.54) is 0 Å². The first-order chi connectivity index (χ1) is 13.0. The minimum atomic E-state index is -0.314. The van der Waals surface area contributed by atoms with Gasteiger partial charge in [0.15, 0.2) is 12.4 Å². The van der Waals surface area contributed by atoms with E-state index in [0.29, 0.717) is 39.0 Å². The number of carbonyl (C=O) groups is 1. The van der Waals surface area contributed by atoms with Crippen molar-refractivity contribution in [2.45, 2.75) is 13.8 Å². The summed E-state index contributed by atoms with van der Waals surface area (Å²) in [6.45, 7) is 4.15. The summed E-state index contributed by atoms with van der Waals surface area (Å²) in [6.07, 6.45) is 0. The molecule has 0 saturated carbocycles. The summed E-state index contributed by atoms with van der Waals surface area (Å²) in [7, 11) is 0. The molecule has 2 aromatic carbocycles. The molecule has 0 aliphatic heterocycles. The monoisotopic (exact) mass is 404 g/mol. The van der Waals surface area contributed by atoms with Crippen LogP contribution in [0.5, 0.6) is 11.5 Å². The summed E-state index contributed by atoms with van der Waals surface area (Å²) in [5.74, 6) is 0.764. The van der Waals surface area contributed by atoms with E-state index < -0.39 is 0 Å². The average Bonchev–Trinajstić information content (AvgIpc) is 2.63. The third kappa shape index (κ3) is 4.62. The average molecular weight is 405 g/mol. The van der Waals surface area contributed by atoms with Crippen molar-refractivity contribution in [3.05, 3.63) is 58.2 Å². The van der Waals surface area contributed by atoms with Gasteiger partial charge in [-0.1, -0.05) is 23.2 Å². The maximum absolute atomic E-state index is 12.2. The second-order valence-electron chi connectivity index (χ2n) is 5.81. The van der Waals surface area contributed by atoms with E-state index in [0.717, 1.165) is 11.4 Å². The Labute approximate surface area is 167 Å². The van der Waals surface area contributed by atoms with Crippen molar-refractivity contribution in [1.29, 1.82) is 0 Å². The molecule has 27 heavy (non-hydrogen) atoms. The number of aryl methyl sites for hydroxylation is 1. The minimum absolute atomic E-state index is 0.209. The van der Waals surface area contributed by atoms with E-state index in [1.807, 2.05) is 26.0 Å². The Morgan fingerprint density at radius 3 is 2.52 bits per heavy atom. The molecule has 0 bridgehead atoms. The first kappa shape index (κ1) is 19.3. The van der Waals surface area contributed by atoms with Crippen molar-refractivity contribution in [1.82, 2.24) is 4.98 Å². The van der Waals surface area contributed by atoms with Crippen LogP contribution in [-0.4, -0.2) is 24.1 Å². The number of pyridine rings is 1. The molecular formula is C20H18Cl2N2O3. The van der Waals surface area contributed by atoms with Crippen LogP contribution in [0, 0.1) is 6.92 Å². The van der Waals surface area contributed by atoms with E-state index in [2.05, 4.69) is 10.3 Å². The molecule has 3 rings (SSSR count). The first-order valence-electron chi connectivity index (χ1n) is 8.38. The van der Waals surface area contributed by atoms with Crippen LogP contribution < -0.4 is 14.8 Å². The van der Waals surface area contributed by atoms with Crippen LogP contribution in [-0.2, 0) is 4.79 Å². The highest BCUT2D eigenvalue weighted by Gasteiger charge is 2.15. The molecule has 0 atom stereocenters. The first-order valence-corrected chi connectivity index (χ1v) is 9.14. The fraction of sp³-hybridized carbons (Fsp3) is 0.200. The van der Waals surface area contributed by atoms with Gasteiger partial charge in [-0.3, -0.25) is 4.79 Å². The van der Waals surface area contributed by atoms with Crippen molar-refractivity contribution < 1.29 is 14.3 Å². The number of nitrogens with zero attached hydrogens (tertiary/aromatic N) is 1. The second-order valence-corrected chi connectivity index (χ2v) is 6.63. The Balaban J connectivity index is 1.72. The molecule has 0 unspecified atom stereocenters. The fourth-order valence-electron chi connectivity index (χ4n) is 2.56. The van der Waals surface area contributed by atoms with Crippen LogP contribution in [0.1, 0.15) is 12.6 Å².